The first-order valence-electron chi connectivity index (χ1n) is 10.5. The van der Waals surface area contributed by atoms with Gasteiger partial charge in [-0.15, -0.1) is 0 Å². The molecule has 0 radical (unpaired) electrons. The lowest BCUT2D eigenvalue weighted by atomic mass is 10.1. The second-order valence-corrected chi connectivity index (χ2v) is 7.95. The SMILES string of the molecule is Cc1cccc(C(=O)NC(=NCCc2c(C)nn(C)c2C)Nc2cccc(C)c2C)c1. The van der Waals surface area contributed by atoms with Gasteiger partial charge >= 0.3 is 0 Å². The molecule has 1 aromatic heterocycles. The van der Waals surface area contributed by atoms with E-state index in [1.54, 1.807) is 6.07 Å². The highest BCUT2D eigenvalue weighted by atomic mass is 16.1. The smallest absolute Gasteiger partial charge is 0.257 e. The fourth-order valence-electron chi connectivity index (χ4n) is 3.55. The number of carbonyl (C=O) groups excluding carboxylic acids is 1. The van der Waals surface area contributed by atoms with Crippen molar-refractivity contribution in [1.82, 2.24) is 15.1 Å². The largest absolute Gasteiger partial charge is 0.326 e. The van der Waals surface area contributed by atoms with Crippen molar-refractivity contribution in [3.63, 3.8) is 0 Å². The molecule has 0 atom stereocenters. The molecule has 0 saturated carbocycles. The number of guanidine groups is 1. The van der Waals surface area contributed by atoms with E-state index in [0.29, 0.717) is 18.1 Å². The van der Waals surface area contributed by atoms with Crippen molar-refractivity contribution < 1.29 is 4.79 Å². The summed E-state index contributed by atoms with van der Waals surface area (Å²) in [6.45, 7) is 10.7. The van der Waals surface area contributed by atoms with Crippen LogP contribution < -0.4 is 10.6 Å². The molecule has 0 aliphatic carbocycles. The number of hydrogen-bond acceptors (Lipinski definition) is 3. The zero-order chi connectivity index (χ0) is 22.5. The third kappa shape index (κ3) is 5.40. The maximum absolute atomic E-state index is 12.8. The molecule has 0 aliphatic heterocycles. The quantitative estimate of drug-likeness (QED) is 0.477. The van der Waals surface area contributed by atoms with Crippen LogP contribution in [0.2, 0.25) is 0 Å². The van der Waals surface area contributed by atoms with Crippen LogP contribution in [-0.4, -0.2) is 28.2 Å². The highest BCUT2D eigenvalue weighted by molar-refractivity contribution is 6.10. The Kier molecular flexibility index (Phi) is 6.90. The molecule has 3 rings (SSSR count). The third-order valence-corrected chi connectivity index (χ3v) is 5.66. The van der Waals surface area contributed by atoms with Crippen molar-refractivity contribution >= 4 is 17.6 Å². The van der Waals surface area contributed by atoms with E-state index < -0.39 is 0 Å². The average molecular weight is 418 g/mol. The molecular weight excluding hydrogens is 386 g/mol. The normalized spacial score (nSPS) is 11.5. The minimum Gasteiger partial charge on any atom is -0.326 e. The van der Waals surface area contributed by atoms with Crippen molar-refractivity contribution in [3.05, 3.63) is 81.7 Å². The molecule has 3 aromatic rings. The Morgan fingerprint density at radius 1 is 1.06 bits per heavy atom. The first-order valence-corrected chi connectivity index (χ1v) is 10.5. The van der Waals surface area contributed by atoms with E-state index in [1.807, 2.05) is 55.9 Å². The number of aliphatic imine (C=N–C) groups is 1. The number of aromatic nitrogens is 2. The van der Waals surface area contributed by atoms with E-state index in [-0.39, 0.29) is 5.91 Å². The van der Waals surface area contributed by atoms with Crippen molar-refractivity contribution in [2.24, 2.45) is 12.0 Å². The van der Waals surface area contributed by atoms with Gasteiger partial charge in [-0.05, 0) is 75.9 Å². The second-order valence-electron chi connectivity index (χ2n) is 7.95. The summed E-state index contributed by atoms with van der Waals surface area (Å²) in [5.41, 5.74) is 8.23. The van der Waals surface area contributed by atoms with E-state index >= 15 is 0 Å². The second kappa shape index (κ2) is 9.60. The third-order valence-electron chi connectivity index (χ3n) is 5.66. The molecule has 0 bridgehead atoms. The van der Waals surface area contributed by atoms with Crippen LogP contribution in [0.3, 0.4) is 0 Å². The number of benzene rings is 2. The van der Waals surface area contributed by atoms with Crippen LogP contribution in [0.25, 0.3) is 0 Å². The molecule has 1 heterocycles. The number of rotatable bonds is 5. The number of carbonyl (C=O) groups is 1. The topological polar surface area (TPSA) is 71.3 Å². The van der Waals surface area contributed by atoms with E-state index in [9.17, 15) is 4.79 Å². The number of aryl methyl sites for hydroxylation is 4. The van der Waals surface area contributed by atoms with E-state index in [2.05, 4.69) is 42.6 Å². The fraction of sp³-hybridized carbons (Fsp3) is 0.320. The Hall–Kier alpha value is -3.41. The van der Waals surface area contributed by atoms with Crippen molar-refractivity contribution in [2.45, 2.75) is 41.0 Å². The van der Waals surface area contributed by atoms with Crippen LogP contribution in [0, 0.1) is 34.6 Å². The van der Waals surface area contributed by atoms with Crippen LogP contribution in [0.5, 0.6) is 0 Å². The Morgan fingerprint density at radius 3 is 2.48 bits per heavy atom. The van der Waals surface area contributed by atoms with Gasteiger partial charge in [-0.2, -0.15) is 5.10 Å². The Bertz CT molecular complexity index is 1130. The molecule has 6 nitrogen and oxygen atoms in total. The van der Waals surface area contributed by atoms with Crippen LogP contribution in [0.1, 0.15) is 44.0 Å². The standard InChI is InChI=1S/C25H31N5O/c1-16-9-7-11-21(15-16)24(31)28-25(27-23-12-8-10-17(2)18(23)3)26-14-13-22-19(4)29-30(6)20(22)5/h7-12,15H,13-14H2,1-6H3,(H2,26,27,28,31). The molecule has 0 unspecified atom stereocenters. The zero-order valence-corrected chi connectivity index (χ0v) is 19.2. The van der Waals surface area contributed by atoms with Crippen LogP contribution in [-0.2, 0) is 13.5 Å². The monoisotopic (exact) mass is 417 g/mol. The van der Waals surface area contributed by atoms with E-state index in [4.69, 9.17) is 4.99 Å². The van der Waals surface area contributed by atoms with Gasteiger partial charge in [0.2, 0.25) is 5.96 Å². The maximum Gasteiger partial charge on any atom is 0.257 e. The molecular formula is C25H31N5O. The van der Waals surface area contributed by atoms with Gasteiger partial charge in [0.15, 0.2) is 0 Å². The first kappa shape index (κ1) is 22.3. The number of nitrogens with one attached hydrogen (secondary N) is 2. The van der Waals surface area contributed by atoms with Crippen LogP contribution >= 0.6 is 0 Å². The van der Waals surface area contributed by atoms with Gasteiger partial charge in [-0.25, -0.2) is 0 Å². The molecule has 0 fully saturated rings. The fourth-order valence-corrected chi connectivity index (χ4v) is 3.55. The number of anilines is 1. The number of hydrogen-bond donors (Lipinski definition) is 2. The van der Waals surface area contributed by atoms with Crippen LogP contribution in [0.15, 0.2) is 47.5 Å². The summed E-state index contributed by atoms with van der Waals surface area (Å²) < 4.78 is 1.89. The summed E-state index contributed by atoms with van der Waals surface area (Å²) in [4.78, 5) is 17.5. The van der Waals surface area contributed by atoms with Gasteiger partial charge < -0.3 is 5.32 Å². The molecule has 2 N–H and O–H groups in total. The average Bonchev–Trinajstić information content (AvgIpc) is 2.97. The summed E-state index contributed by atoms with van der Waals surface area (Å²) in [7, 11) is 1.95. The molecule has 0 saturated heterocycles. The molecule has 2 aromatic carbocycles. The minimum absolute atomic E-state index is 0.186. The summed E-state index contributed by atoms with van der Waals surface area (Å²) >= 11 is 0. The highest BCUT2D eigenvalue weighted by Crippen LogP contribution is 2.18. The van der Waals surface area contributed by atoms with Gasteiger partial charge in [0.25, 0.3) is 5.91 Å². The predicted molar refractivity (Wildman–Crippen MR) is 127 cm³/mol. The molecule has 162 valence electrons. The van der Waals surface area contributed by atoms with Gasteiger partial charge in [-0.1, -0.05) is 29.8 Å². The van der Waals surface area contributed by atoms with Gasteiger partial charge in [0.05, 0.1) is 5.69 Å². The van der Waals surface area contributed by atoms with Crippen molar-refractivity contribution in [2.75, 3.05) is 11.9 Å². The van der Waals surface area contributed by atoms with E-state index in [1.165, 1.54) is 11.1 Å². The van der Waals surface area contributed by atoms with Gasteiger partial charge in [0.1, 0.15) is 0 Å². The first-order chi connectivity index (χ1) is 14.8. The molecule has 0 aliphatic rings. The predicted octanol–water partition coefficient (Wildman–Crippen LogP) is 4.40. The molecule has 31 heavy (non-hydrogen) atoms. The summed E-state index contributed by atoms with van der Waals surface area (Å²) in [5.74, 6) is 0.258. The highest BCUT2D eigenvalue weighted by Gasteiger charge is 2.12. The maximum atomic E-state index is 12.8. The molecule has 0 spiro atoms. The number of nitrogens with zero attached hydrogens (tertiary/aromatic N) is 3. The lowest BCUT2D eigenvalue weighted by Crippen LogP contribution is -2.36. The molecule has 6 heteroatoms. The molecule has 1 amide bonds. The van der Waals surface area contributed by atoms with Gasteiger partial charge in [-0.3, -0.25) is 19.8 Å². The summed E-state index contributed by atoms with van der Waals surface area (Å²) in [6.07, 6.45) is 0.754. The Morgan fingerprint density at radius 2 is 1.81 bits per heavy atom. The van der Waals surface area contributed by atoms with Crippen molar-refractivity contribution in [1.29, 1.82) is 0 Å². The zero-order valence-electron chi connectivity index (χ0n) is 19.2. The Labute approximate surface area is 184 Å². The van der Waals surface area contributed by atoms with Crippen LogP contribution in [0.4, 0.5) is 5.69 Å². The Balaban J connectivity index is 1.83. The summed E-state index contributed by atoms with van der Waals surface area (Å²) in [5, 5.41) is 10.8. The van der Waals surface area contributed by atoms with Gasteiger partial charge in [0, 0.05) is 30.5 Å². The number of amides is 1. The van der Waals surface area contributed by atoms with Crippen molar-refractivity contribution in [3.8, 4) is 0 Å². The summed E-state index contributed by atoms with van der Waals surface area (Å²) in [6, 6.07) is 13.6. The lowest BCUT2D eigenvalue weighted by Gasteiger charge is -2.15. The van der Waals surface area contributed by atoms with E-state index in [0.717, 1.165) is 34.6 Å². The minimum atomic E-state index is -0.186. The lowest BCUT2D eigenvalue weighted by molar-refractivity contribution is 0.0977.